The molecule has 8 heteroatoms. The number of amides is 3. The van der Waals surface area contributed by atoms with E-state index in [2.05, 4.69) is 0 Å². The first-order valence-corrected chi connectivity index (χ1v) is 8.63. The van der Waals surface area contributed by atoms with E-state index >= 15 is 0 Å². The summed E-state index contributed by atoms with van der Waals surface area (Å²) in [4.78, 5) is 51.1. The van der Waals surface area contributed by atoms with E-state index in [1.165, 1.54) is 14.2 Å². The molecule has 1 aromatic rings. The monoisotopic (exact) mass is 375 g/mol. The van der Waals surface area contributed by atoms with Crippen LogP contribution in [0.2, 0.25) is 0 Å². The highest BCUT2D eigenvalue weighted by molar-refractivity contribution is 6.10. The molecule has 0 heterocycles. The first-order valence-electron chi connectivity index (χ1n) is 8.63. The number of ketones is 1. The van der Waals surface area contributed by atoms with E-state index < -0.39 is 29.5 Å². The second-order valence-electron chi connectivity index (χ2n) is 7.03. The minimum atomic E-state index is -1.40. The zero-order valence-corrected chi connectivity index (χ0v) is 15.8. The minimum absolute atomic E-state index is 0.134. The number of methoxy groups -OCH3 is 1. The van der Waals surface area contributed by atoms with E-state index in [1.54, 1.807) is 19.1 Å². The van der Waals surface area contributed by atoms with E-state index in [-0.39, 0.29) is 12.3 Å². The Morgan fingerprint density at radius 3 is 2.30 bits per heavy atom. The summed E-state index contributed by atoms with van der Waals surface area (Å²) in [6.07, 6.45) is 0.518. The summed E-state index contributed by atoms with van der Waals surface area (Å²) in [6, 6.07) is 7.68. The molecule has 27 heavy (non-hydrogen) atoms. The van der Waals surface area contributed by atoms with Crippen molar-refractivity contribution in [2.45, 2.75) is 38.6 Å². The fraction of sp³-hybridized carbons (Fsp3) is 0.474. The number of rotatable bonds is 10. The van der Waals surface area contributed by atoms with Gasteiger partial charge >= 0.3 is 0 Å². The summed E-state index contributed by atoms with van der Waals surface area (Å²) >= 11 is 0. The van der Waals surface area contributed by atoms with Crippen molar-refractivity contribution in [3.8, 4) is 0 Å². The van der Waals surface area contributed by atoms with Gasteiger partial charge in [0.25, 0.3) is 5.91 Å². The lowest BCUT2D eigenvalue weighted by Gasteiger charge is -2.33. The average molecular weight is 375 g/mol. The number of nitrogens with zero attached hydrogens (tertiary/aromatic N) is 2. The Morgan fingerprint density at radius 1 is 1.26 bits per heavy atom. The molecule has 2 N–H and O–H groups in total. The van der Waals surface area contributed by atoms with Gasteiger partial charge in [-0.15, -0.1) is 0 Å². The smallest absolute Gasteiger partial charge is 0.273 e. The van der Waals surface area contributed by atoms with Crippen LogP contribution in [0.3, 0.4) is 0 Å². The van der Waals surface area contributed by atoms with Crippen molar-refractivity contribution in [2.75, 3.05) is 14.2 Å². The summed E-state index contributed by atoms with van der Waals surface area (Å²) in [5, 5.41) is 0. The number of likely N-dealkylation sites (N-methyl/N-ethyl adjacent to an activating group) is 1. The quantitative estimate of drug-likeness (QED) is 0.359. The van der Waals surface area contributed by atoms with E-state index in [9.17, 15) is 19.2 Å². The molecule has 146 valence electrons. The molecule has 1 aliphatic carbocycles. The molecule has 2 rings (SSSR count). The highest BCUT2D eigenvalue weighted by atomic mass is 16.5. The molecule has 0 spiro atoms. The number of nitrogens with two attached hydrogens (primary N) is 1. The molecule has 0 bridgehead atoms. The fourth-order valence-electron chi connectivity index (χ4n) is 2.91. The summed E-state index contributed by atoms with van der Waals surface area (Å²) in [5.41, 5.74) is 5.56. The standard InChI is InChI=1S/C19H25N3O5/c1-19(9-10-19)15(24)14(16(20)25)21(2)17(26)18(27-3)22(12-23)11-13-7-5-4-6-8-13/h4-8,12,14,18H,9-11H2,1-3H3,(H2,20,25). The number of carbonyl (C=O) groups excluding carboxylic acids is 4. The van der Waals surface area contributed by atoms with Gasteiger partial charge in [-0.2, -0.15) is 0 Å². The normalized spacial score (nSPS) is 16.7. The molecule has 1 aliphatic rings. The molecule has 0 radical (unpaired) electrons. The van der Waals surface area contributed by atoms with Crippen molar-refractivity contribution in [3.63, 3.8) is 0 Å². The molecular formula is C19H25N3O5. The lowest BCUT2D eigenvalue weighted by Crippen LogP contribution is -2.57. The molecule has 3 amide bonds. The van der Waals surface area contributed by atoms with Crippen LogP contribution in [0.25, 0.3) is 0 Å². The summed E-state index contributed by atoms with van der Waals surface area (Å²) < 4.78 is 5.21. The van der Waals surface area contributed by atoms with Crippen molar-refractivity contribution in [2.24, 2.45) is 11.1 Å². The van der Waals surface area contributed by atoms with Crippen LogP contribution in [-0.2, 0) is 30.5 Å². The minimum Gasteiger partial charge on any atom is -0.367 e. The van der Waals surface area contributed by atoms with Crippen molar-refractivity contribution in [1.82, 2.24) is 9.80 Å². The van der Waals surface area contributed by atoms with Crippen LogP contribution in [0.15, 0.2) is 30.3 Å². The molecule has 0 aromatic heterocycles. The van der Waals surface area contributed by atoms with Crippen LogP contribution >= 0.6 is 0 Å². The highest BCUT2D eigenvalue weighted by Crippen LogP contribution is 2.47. The Balaban J connectivity index is 2.20. The van der Waals surface area contributed by atoms with Crippen molar-refractivity contribution in [3.05, 3.63) is 35.9 Å². The van der Waals surface area contributed by atoms with Gasteiger partial charge in [0.2, 0.25) is 18.5 Å². The summed E-state index contributed by atoms with van der Waals surface area (Å²) in [5.74, 6) is -1.98. The van der Waals surface area contributed by atoms with Crippen LogP contribution in [0, 0.1) is 5.41 Å². The zero-order chi connectivity index (χ0) is 20.2. The predicted molar refractivity (Wildman–Crippen MR) is 96.9 cm³/mol. The number of primary amides is 1. The van der Waals surface area contributed by atoms with Crippen molar-refractivity contribution < 1.29 is 23.9 Å². The number of ether oxygens (including phenoxy) is 1. The topological polar surface area (TPSA) is 110 Å². The largest absolute Gasteiger partial charge is 0.367 e. The molecule has 1 aromatic carbocycles. The van der Waals surface area contributed by atoms with Crippen LogP contribution in [-0.4, -0.2) is 60.2 Å². The van der Waals surface area contributed by atoms with Gasteiger partial charge in [-0.1, -0.05) is 37.3 Å². The van der Waals surface area contributed by atoms with Gasteiger partial charge in [0.05, 0.1) is 0 Å². The Hall–Kier alpha value is -2.74. The van der Waals surface area contributed by atoms with Gasteiger partial charge in [-0.25, -0.2) is 0 Å². The Labute approximate surface area is 158 Å². The third-order valence-electron chi connectivity index (χ3n) is 4.93. The number of hydrogen-bond donors (Lipinski definition) is 1. The van der Waals surface area contributed by atoms with E-state index in [4.69, 9.17) is 10.5 Å². The third kappa shape index (κ3) is 4.51. The van der Waals surface area contributed by atoms with Gasteiger partial charge in [0.15, 0.2) is 11.8 Å². The number of benzene rings is 1. The lowest BCUT2D eigenvalue weighted by atomic mass is 9.95. The maximum atomic E-state index is 12.9. The molecule has 0 aliphatic heterocycles. The average Bonchev–Trinajstić information content (AvgIpc) is 3.40. The van der Waals surface area contributed by atoms with Gasteiger partial charge in [0.1, 0.15) is 0 Å². The summed E-state index contributed by atoms with van der Waals surface area (Å²) in [6.45, 7) is 1.87. The Kier molecular flexibility index (Phi) is 6.32. The van der Waals surface area contributed by atoms with Crippen molar-refractivity contribution >= 4 is 24.0 Å². The van der Waals surface area contributed by atoms with Crippen LogP contribution in [0.1, 0.15) is 25.3 Å². The summed E-state index contributed by atoms with van der Waals surface area (Å²) in [7, 11) is 2.60. The SMILES string of the molecule is COC(C(=O)N(C)C(C(N)=O)C(=O)C1(C)CC1)N(C=O)Cc1ccccc1. The molecule has 1 fully saturated rings. The van der Waals surface area contributed by atoms with Crippen LogP contribution in [0.5, 0.6) is 0 Å². The first kappa shape index (κ1) is 20.6. The van der Waals surface area contributed by atoms with Gasteiger partial charge in [-0.05, 0) is 18.4 Å². The second kappa shape index (κ2) is 8.30. The van der Waals surface area contributed by atoms with E-state index in [0.29, 0.717) is 19.3 Å². The van der Waals surface area contributed by atoms with E-state index in [0.717, 1.165) is 15.4 Å². The maximum Gasteiger partial charge on any atom is 0.273 e. The molecule has 0 saturated heterocycles. The number of carbonyl (C=O) groups is 4. The number of Topliss-reactive ketones (excluding diaryl/α,β-unsaturated/α-hetero) is 1. The predicted octanol–water partition coefficient (Wildman–Crippen LogP) is 0.299. The lowest BCUT2D eigenvalue weighted by molar-refractivity contribution is -0.163. The highest BCUT2D eigenvalue weighted by Gasteiger charge is 2.51. The van der Waals surface area contributed by atoms with Gasteiger partial charge < -0.3 is 20.3 Å². The Bertz CT molecular complexity index is 717. The van der Waals surface area contributed by atoms with Crippen molar-refractivity contribution in [1.29, 1.82) is 0 Å². The third-order valence-corrected chi connectivity index (χ3v) is 4.93. The fourth-order valence-corrected chi connectivity index (χ4v) is 2.91. The molecular weight excluding hydrogens is 350 g/mol. The number of hydrogen-bond acceptors (Lipinski definition) is 5. The van der Waals surface area contributed by atoms with Crippen LogP contribution in [0.4, 0.5) is 0 Å². The molecule has 1 saturated carbocycles. The molecule has 2 atom stereocenters. The molecule has 2 unspecified atom stereocenters. The molecule has 8 nitrogen and oxygen atoms in total. The van der Waals surface area contributed by atoms with Gasteiger partial charge in [-0.3, -0.25) is 19.2 Å². The van der Waals surface area contributed by atoms with Crippen LogP contribution < -0.4 is 5.73 Å². The maximum absolute atomic E-state index is 12.9. The second-order valence-corrected chi connectivity index (χ2v) is 7.03. The first-order chi connectivity index (χ1) is 12.7. The van der Waals surface area contributed by atoms with Gasteiger partial charge in [0, 0.05) is 26.1 Å². The Morgan fingerprint density at radius 2 is 1.85 bits per heavy atom. The van der Waals surface area contributed by atoms with E-state index in [1.807, 2.05) is 18.2 Å². The zero-order valence-electron chi connectivity index (χ0n) is 15.8.